The molecular formula is C13H15NO3. The SMILES string of the molecule is CN(C(=O)Cc1ccccc1C(=O)O)C1CC1. The Balaban J connectivity index is 2.12. The molecular weight excluding hydrogens is 218 g/mol. The smallest absolute Gasteiger partial charge is 0.335 e. The Hall–Kier alpha value is -1.84. The number of benzene rings is 1. The minimum absolute atomic E-state index is 0.0128. The standard InChI is InChI=1S/C13H15NO3/c1-14(10-6-7-10)12(15)8-9-4-2-3-5-11(9)13(16)17/h2-5,10H,6-8H2,1H3,(H,16,17). The molecule has 1 N–H and O–H groups in total. The fourth-order valence-corrected chi connectivity index (χ4v) is 1.84. The zero-order valence-electron chi connectivity index (χ0n) is 9.72. The van der Waals surface area contributed by atoms with Crippen molar-refractivity contribution in [1.29, 1.82) is 0 Å². The van der Waals surface area contributed by atoms with Crippen LogP contribution in [0.3, 0.4) is 0 Å². The Kier molecular flexibility index (Phi) is 3.13. The van der Waals surface area contributed by atoms with Gasteiger partial charge in [-0.25, -0.2) is 4.79 Å². The highest BCUT2D eigenvalue weighted by molar-refractivity contribution is 5.91. The van der Waals surface area contributed by atoms with Gasteiger partial charge in [-0.1, -0.05) is 18.2 Å². The Morgan fingerprint density at radius 2 is 2.00 bits per heavy atom. The second kappa shape index (κ2) is 4.57. The Morgan fingerprint density at radius 1 is 1.35 bits per heavy atom. The van der Waals surface area contributed by atoms with E-state index in [0.29, 0.717) is 11.6 Å². The lowest BCUT2D eigenvalue weighted by molar-refractivity contribution is -0.129. The number of carboxylic acid groups (broad SMARTS) is 1. The zero-order valence-corrected chi connectivity index (χ0v) is 9.72. The molecule has 4 heteroatoms. The Labute approximate surface area is 99.9 Å². The minimum atomic E-state index is -0.984. The highest BCUT2D eigenvalue weighted by Crippen LogP contribution is 2.26. The van der Waals surface area contributed by atoms with Crippen LogP contribution in [0.4, 0.5) is 0 Å². The van der Waals surface area contributed by atoms with E-state index in [-0.39, 0.29) is 17.9 Å². The number of nitrogens with zero attached hydrogens (tertiary/aromatic N) is 1. The predicted octanol–water partition coefficient (Wildman–Crippen LogP) is 1.55. The quantitative estimate of drug-likeness (QED) is 0.858. The summed E-state index contributed by atoms with van der Waals surface area (Å²) in [6.07, 6.45) is 2.28. The van der Waals surface area contributed by atoms with Crippen molar-refractivity contribution in [1.82, 2.24) is 4.90 Å². The molecule has 0 saturated heterocycles. The van der Waals surface area contributed by atoms with Gasteiger partial charge in [0.2, 0.25) is 5.91 Å². The fraction of sp³-hybridized carbons (Fsp3) is 0.385. The molecule has 1 aliphatic carbocycles. The van der Waals surface area contributed by atoms with E-state index in [4.69, 9.17) is 5.11 Å². The summed E-state index contributed by atoms with van der Waals surface area (Å²) < 4.78 is 0. The van der Waals surface area contributed by atoms with Gasteiger partial charge in [0.25, 0.3) is 0 Å². The van der Waals surface area contributed by atoms with E-state index in [0.717, 1.165) is 12.8 Å². The average Bonchev–Trinajstić information content (AvgIpc) is 3.12. The van der Waals surface area contributed by atoms with Gasteiger partial charge in [-0.15, -0.1) is 0 Å². The molecule has 0 heterocycles. The second-order valence-corrected chi connectivity index (χ2v) is 4.37. The molecule has 0 atom stereocenters. The number of carbonyl (C=O) groups is 2. The van der Waals surface area contributed by atoms with Crippen molar-refractivity contribution in [3.8, 4) is 0 Å². The summed E-state index contributed by atoms with van der Waals surface area (Å²) in [6, 6.07) is 7.01. The third kappa shape index (κ3) is 2.64. The predicted molar refractivity (Wildman–Crippen MR) is 62.9 cm³/mol. The van der Waals surface area contributed by atoms with Gasteiger partial charge in [0.05, 0.1) is 12.0 Å². The molecule has 0 aliphatic heterocycles. The Morgan fingerprint density at radius 3 is 2.59 bits per heavy atom. The summed E-state index contributed by atoms with van der Waals surface area (Å²) >= 11 is 0. The van der Waals surface area contributed by atoms with Crippen LogP contribution in [-0.2, 0) is 11.2 Å². The number of likely N-dealkylation sites (N-methyl/N-ethyl adjacent to an activating group) is 1. The van der Waals surface area contributed by atoms with E-state index in [1.807, 2.05) is 0 Å². The van der Waals surface area contributed by atoms with Crippen LogP contribution in [0.25, 0.3) is 0 Å². The van der Waals surface area contributed by atoms with Crippen LogP contribution in [0.5, 0.6) is 0 Å². The molecule has 0 bridgehead atoms. The maximum absolute atomic E-state index is 11.9. The number of carbonyl (C=O) groups excluding carboxylic acids is 1. The van der Waals surface area contributed by atoms with E-state index in [1.165, 1.54) is 6.07 Å². The molecule has 1 aromatic carbocycles. The maximum atomic E-state index is 11.9. The first-order valence-corrected chi connectivity index (χ1v) is 5.66. The molecule has 0 spiro atoms. The summed E-state index contributed by atoms with van der Waals surface area (Å²) in [5.41, 5.74) is 0.794. The molecule has 90 valence electrons. The van der Waals surface area contributed by atoms with Crippen LogP contribution in [-0.4, -0.2) is 35.0 Å². The van der Waals surface area contributed by atoms with Gasteiger partial charge in [-0.05, 0) is 24.5 Å². The molecule has 0 radical (unpaired) electrons. The molecule has 1 amide bonds. The topological polar surface area (TPSA) is 57.6 Å². The summed E-state index contributed by atoms with van der Waals surface area (Å²) in [7, 11) is 1.78. The number of rotatable bonds is 4. The van der Waals surface area contributed by atoms with E-state index < -0.39 is 5.97 Å². The lowest BCUT2D eigenvalue weighted by atomic mass is 10.0. The van der Waals surface area contributed by atoms with E-state index in [9.17, 15) is 9.59 Å². The molecule has 4 nitrogen and oxygen atoms in total. The van der Waals surface area contributed by atoms with Crippen LogP contribution in [0.1, 0.15) is 28.8 Å². The molecule has 2 rings (SSSR count). The van der Waals surface area contributed by atoms with Gasteiger partial charge in [-0.3, -0.25) is 4.79 Å². The Bertz CT molecular complexity index is 452. The number of carboxylic acids is 1. The van der Waals surface area contributed by atoms with Crippen LogP contribution in [0, 0.1) is 0 Å². The van der Waals surface area contributed by atoms with Crippen molar-refractivity contribution in [2.75, 3.05) is 7.05 Å². The summed E-state index contributed by atoms with van der Waals surface area (Å²) in [6.45, 7) is 0. The fourth-order valence-electron chi connectivity index (χ4n) is 1.84. The number of hydrogen-bond acceptors (Lipinski definition) is 2. The highest BCUT2D eigenvalue weighted by atomic mass is 16.4. The van der Waals surface area contributed by atoms with Crippen molar-refractivity contribution >= 4 is 11.9 Å². The average molecular weight is 233 g/mol. The molecule has 1 aliphatic rings. The molecule has 17 heavy (non-hydrogen) atoms. The first-order chi connectivity index (χ1) is 8.09. The zero-order chi connectivity index (χ0) is 12.4. The number of amides is 1. The first-order valence-electron chi connectivity index (χ1n) is 5.66. The highest BCUT2D eigenvalue weighted by Gasteiger charge is 2.29. The summed E-state index contributed by atoms with van der Waals surface area (Å²) in [5.74, 6) is -0.997. The monoisotopic (exact) mass is 233 g/mol. The second-order valence-electron chi connectivity index (χ2n) is 4.37. The summed E-state index contributed by atoms with van der Waals surface area (Å²) in [4.78, 5) is 24.6. The van der Waals surface area contributed by atoms with Crippen molar-refractivity contribution in [2.24, 2.45) is 0 Å². The van der Waals surface area contributed by atoms with Gasteiger partial charge in [0.15, 0.2) is 0 Å². The number of aromatic carboxylic acids is 1. The van der Waals surface area contributed by atoms with Crippen LogP contribution in [0.2, 0.25) is 0 Å². The van der Waals surface area contributed by atoms with Crippen LogP contribution in [0.15, 0.2) is 24.3 Å². The third-order valence-electron chi connectivity index (χ3n) is 3.08. The van der Waals surface area contributed by atoms with Gasteiger partial charge >= 0.3 is 5.97 Å². The van der Waals surface area contributed by atoms with Crippen molar-refractivity contribution < 1.29 is 14.7 Å². The lowest BCUT2D eigenvalue weighted by Gasteiger charge is -2.16. The molecule has 1 aromatic rings. The normalized spacial score (nSPS) is 14.4. The first kappa shape index (κ1) is 11.6. The van der Waals surface area contributed by atoms with Gasteiger partial charge in [0.1, 0.15) is 0 Å². The van der Waals surface area contributed by atoms with Crippen molar-refractivity contribution in [3.05, 3.63) is 35.4 Å². The number of hydrogen-bond donors (Lipinski definition) is 1. The summed E-state index contributed by atoms with van der Waals surface area (Å²) in [5, 5.41) is 9.01. The molecule has 1 fully saturated rings. The van der Waals surface area contributed by atoms with Gasteiger partial charge in [-0.2, -0.15) is 0 Å². The van der Waals surface area contributed by atoms with E-state index in [2.05, 4.69) is 0 Å². The largest absolute Gasteiger partial charge is 0.478 e. The third-order valence-corrected chi connectivity index (χ3v) is 3.08. The molecule has 0 aromatic heterocycles. The lowest BCUT2D eigenvalue weighted by Crippen LogP contribution is -2.30. The minimum Gasteiger partial charge on any atom is -0.478 e. The maximum Gasteiger partial charge on any atom is 0.335 e. The van der Waals surface area contributed by atoms with Crippen LogP contribution >= 0.6 is 0 Å². The van der Waals surface area contributed by atoms with Crippen molar-refractivity contribution in [3.63, 3.8) is 0 Å². The van der Waals surface area contributed by atoms with E-state index >= 15 is 0 Å². The van der Waals surface area contributed by atoms with Crippen molar-refractivity contribution in [2.45, 2.75) is 25.3 Å². The van der Waals surface area contributed by atoms with Crippen LogP contribution < -0.4 is 0 Å². The van der Waals surface area contributed by atoms with Gasteiger partial charge in [0, 0.05) is 13.1 Å². The van der Waals surface area contributed by atoms with E-state index in [1.54, 1.807) is 30.1 Å². The van der Waals surface area contributed by atoms with Gasteiger partial charge < -0.3 is 10.0 Å². The molecule has 0 unspecified atom stereocenters. The molecule has 1 saturated carbocycles.